The van der Waals surface area contributed by atoms with Gasteiger partial charge < -0.3 is 4.74 Å². The van der Waals surface area contributed by atoms with Gasteiger partial charge in [0.2, 0.25) is 0 Å². The van der Waals surface area contributed by atoms with Gasteiger partial charge in [-0.15, -0.1) is 13.2 Å². The van der Waals surface area contributed by atoms with Gasteiger partial charge in [-0.2, -0.15) is 0 Å². The summed E-state index contributed by atoms with van der Waals surface area (Å²) in [5.41, 5.74) is -0.986. The van der Waals surface area contributed by atoms with Crippen LogP contribution in [-0.4, -0.2) is 14.8 Å². The van der Waals surface area contributed by atoms with Gasteiger partial charge in [0.25, 0.3) is 10.0 Å². The molecule has 0 aromatic heterocycles. The molecule has 2 rings (SSSR count). The minimum atomic E-state index is -5.20. The summed E-state index contributed by atoms with van der Waals surface area (Å²) < 4.78 is 107. The largest absolute Gasteiger partial charge is 0.573 e. The van der Waals surface area contributed by atoms with Crippen LogP contribution in [0, 0.1) is 17.5 Å². The maximum Gasteiger partial charge on any atom is 0.573 e. The van der Waals surface area contributed by atoms with Gasteiger partial charge in [0.05, 0.1) is 5.69 Å². The zero-order chi connectivity index (χ0) is 19.0. The highest BCUT2D eigenvalue weighted by Gasteiger charge is 2.34. The molecule has 0 aliphatic rings. The minimum absolute atomic E-state index is 0.0738. The fourth-order valence-corrected chi connectivity index (χ4v) is 3.22. The molecule has 25 heavy (non-hydrogen) atoms. The van der Waals surface area contributed by atoms with Crippen molar-refractivity contribution in [2.45, 2.75) is 11.3 Å². The molecular weight excluding hydrogens is 444 g/mol. The molecule has 1 N–H and O–H groups in total. The lowest BCUT2D eigenvalue weighted by Gasteiger charge is -2.15. The first-order chi connectivity index (χ1) is 11.4. The van der Waals surface area contributed by atoms with Crippen LogP contribution in [0.4, 0.5) is 32.0 Å². The lowest BCUT2D eigenvalue weighted by Crippen LogP contribution is -2.21. The van der Waals surface area contributed by atoms with Gasteiger partial charge in [-0.1, -0.05) is 15.9 Å². The van der Waals surface area contributed by atoms with Gasteiger partial charge in [0.15, 0.2) is 23.2 Å². The third kappa shape index (κ3) is 4.57. The number of anilines is 1. The van der Waals surface area contributed by atoms with Crippen LogP contribution in [0.15, 0.2) is 39.7 Å². The molecule has 0 amide bonds. The molecule has 0 bridgehead atoms. The third-order valence-electron chi connectivity index (χ3n) is 2.70. The second-order valence-electron chi connectivity index (χ2n) is 4.47. The molecule has 0 saturated heterocycles. The number of halogens is 7. The number of rotatable bonds is 4. The zero-order valence-electron chi connectivity index (χ0n) is 11.7. The van der Waals surface area contributed by atoms with Crippen molar-refractivity contribution in [3.63, 3.8) is 0 Å². The average molecular weight is 450 g/mol. The summed E-state index contributed by atoms with van der Waals surface area (Å²) in [6.07, 6.45) is -5.20. The second-order valence-corrected chi connectivity index (χ2v) is 7.03. The van der Waals surface area contributed by atoms with Crippen molar-refractivity contribution in [3.05, 3.63) is 52.3 Å². The number of hydrogen-bond donors (Lipinski definition) is 1. The first-order valence-corrected chi connectivity index (χ1v) is 8.40. The Morgan fingerprint density at radius 2 is 1.64 bits per heavy atom. The molecule has 0 radical (unpaired) electrons. The smallest absolute Gasteiger partial charge is 0.404 e. The SMILES string of the molecule is O=S(=O)(Nc1ccc(F)c(F)c1F)c1ccc(Br)cc1OC(F)(F)F. The van der Waals surface area contributed by atoms with E-state index < -0.39 is 50.2 Å². The first kappa shape index (κ1) is 19.4. The van der Waals surface area contributed by atoms with Crippen LogP contribution < -0.4 is 9.46 Å². The van der Waals surface area contributed by atoms with E-state index in [1.807, 2.05) is 0 Å². The maximum atomic E-state index is 13.6. The van der Waals surface area contributed by atoms with E-state index >= 15 is 0 Å². The predicted molar refractivity (Wildman–Crippen MR) is 77.9 cm³/mol. The van der Waals surface area contributed by atoms with Crippen molar-refractivity contribution < 1.29 is 39.5 Å². The Bertz CT molecular complexity index is 917. The Kier molecular flexibility index (Phi) is 5.23. The molecule has 2 aromatic rings. The van der Waals surface area contributed by atoms with E-state index in [1.165, 1.54) is 0 Å². The van der Waals surface area contributed by atoms with Gasteiger partial charge in [-0.3, -0.25) is 4.72 Å². The van der Waals surface area contributed by atoms with E-state index in [-0.39, 0.29) is 4.47 Å². The number of nitrogens with one attached hydrogen (secondary N) is 1. The molecule has 0 aliphatic heterocycles. The van der Waals surface area contributed by atoms with Crippen LogP contribution >= 0.6 is 15.9 Å². The molecule has 2 aromatic carbocycles. The molecule has 0 heterocycles. The molecule has 0 unspecified atom stereocenters. The minimum Gasteiger partial charge on any atom is -0.404 e. The summed E-state index contributed by atoms with van der Waals surface area (Å²) in [7, 11) is -4.81. The molecule has 136 valence electrons. The number of sulfonamides is 1. The number of alkyl halides is 3. The van der Waals surface area contributed by atoms with Gasteiger partial charge >= 0.3 is 6.36 Å². The summed E-state index contributed by atoms with van der Waals surface area (Å²) in [4.78, 5) is -0.989. The van der Waals surface area contributed by atoms with E-state index in [4.69, 9.17) is 0 Å². The summed E-state index contributed by atoms with van der Waals surface area (Å²) in [6, 6.07) is 3.60. The fraction of sp³-hybridized carbons (Fsp3) is 0.0769. The highest BCUT2D eigenvalue weighted by molar-refractivity contribution is 9.10. The van der Waals surface area contributed by atoms with Gasteiger partial charge in [0, 0.05) is 4.47 Å². The van der Waals surface area contributed by atoms with Crippen molar-refractivity contribution in [2.75, 3.05) is 4.72 Å². The molecule has 0 fully saturated rings. The molecule has 0 saturated carbocycles. The number of benzene rings is 2. The molecule has 12 heteroatoms. The molecular formula is C13H6BrF6NO3S. The monoisotopic (exact) mass is 449 g/mol. The van der Waals surface area contributed by atoms with Crippen LogP contribution in [-0.2, 0) is 10.0 Å². The Hall–Kier alpha value is -1.95. The molecule has 0 atom stereocenters. The predicted octanol–water partition coefficient (Wildman–Crippen LogP) is 4.57. The Morgan fingerprint density at radius 1 is 1.00 bits per heavy atom. The van der Waals surface area contributed by atoms with E-state index in [9.17, 15) is 34.8 Å². The summed E-state index contributed by atoms with van der Waals surface area (Å²) in [5.74, 6) is -6.45. The van der Waals surface area contributed by atoms with Gasteiger partial charge in [-0.05, 0) is 30.3 Å². The highest BCUT2D eigenvalue weighted by Crippen LogP contribution is 2.33. The lowest BCUT2D eigenvalue weighted by molar-refractivity contribution is -0.275. The van der Waals surface area contributed by atoms with E-state index in [0.29, 0.717) is 12.1 Å². The van der Waals surface area contributed by atoms with E-state index in [0.717, 1.165) is 18.2 Å². The normalized spacial score (nSPS) is 12.1. The third-order valence-corrected chi connectivity index (χ3v) is 4.60. The first-order valence-electron chi connectivity index (χ1n) is 6.12. The van der Waals surface area contributed by atoms with Gasteiger partial charge in [-0.25, -0.2) is 21.6 Å². The fourth-order valence-electron chi connectivity index (χ4n) is 1.71. The van der Waals surface area contributed by atoms with Gasteiger partial charge in [0.1, 0.15) is 4.90 Å². The molecule has 0 spiro atoms. The number of hydrogen-bond acceptors (Lipinski definition) is 3. The van der Waals surface area contributed by atoms with E-state index in [2.05, 4.69) is 20.7 Å². The van der Waals surface area contributed by atoms with Crippen molar-refractivity contribution in [1.29, 1.82) is 0 Å². The second kappa shape index (κ2) is 6.75. The van der Waals surface area contributed by atoms with Crippen molar-refractivity contribution >= 4 is 31.6 Å². The Balaban J connectivity index is 2.49. The molecule has 0 aliphatic carbocycles. The summed E-state index contributed by atoms with van der Waals surface area (Å²) in [5, 5.41) is 0. The highest BCUT2D eigenvalue weighted by atomic mass is 79.9. The average Bonchev–Trinajstić information content (AvgIpc) is 2.46. The van der Waals surface area contributed by atoms with Crippen LogP contribution in [0.2, 0.25) is 0 Å². The maximum absolute atomic E-state index is 13.6. The van der Waals surface area contributed by atoms with Crippen molar-refractivity contribution in [3.8, 4) is 5.75 Å². The van der Waals surface area contributed by atoms with E-state index in [1.54, 1.807) is 4.72 Å². The standard InChI is InChI=1S/C13H6BrF6NO3S/c14-6-1-4-10(9(5-6)24-13(18,19)20)25(22,23)21-8-3-2-7(15)11(16)12(8)17/h1-5,21H. The zero-order valence-corrected chi connectivity index (χ0v) is 14.1. The lowest BCUT2D eigenvalue weighted by atomic mass is 10.3. The van der Waals surface area contributed by atoms with Crippen LogP contribution in [0.5, 0.6) is 5.75 Å². The van der Waals surface area contributed by atoms with Crippen LogP contribution in [0.1, 0.15) is 0 Å². The van der Waals surface area contributed by atoms with Crippen molar-refractivity contribution in [2.24, 2.45) is 0 Å². The molecule has 4 nitrogen and oxygen atoms in total. The van der Waals surface area contributed by atoms with Crippen LogP contribution in [0.3, 0.4) is 0 Å². The quantitative estimate of drug-likeness (QED) is 0.549. The Labute approximate surface area is 145 Å². The topological polar surface area (TPSA) is 55.4 Å². The number of ether oxygens (including phenoxy) is 1. The Morgan fingerprint density at radius 3 is 2.24 bits per heavy atom. The summed E-state index contributed by atoms with van der Waals surface area (Å²) in [6.45, 7) is 0. The van der Waals surface area contributed by atoms with Crippen molar-refractivity contribution in [1.82, 2.24) is 0 Å². The summed E-state index contributed by atoms with van der Waals surface area (Å²) >= 11 is 2.85. The van der Waals surface area contributed by atoms with Crippen LogP contribution in [0.25, 0.3) is 0 Å².